The molecule has 1 aliphatic heterocycles. The molecule has 41 heavy (non-hydrogen) atoms. The van der Waals surface area contributed by atoms with Gasteiger partial charge in [0.25, 0.3) is 5.91 Å². The Bertz CT molecular complexity index is 1360. The first-order chi connectivity index (χ1) is 19.2. The van der Waals surface area contributed by atoms with Crippen molar-refractivity contribution in [3.63, 3.8) is 0 Å². The topological polar surface area (TPSA) is 49.4 Å². The average Bonchev–Trinajstić information content (AvgIpc) is 2.91. The minimum atomic E-state index is -0.531. The van der Waals surface area contributed by atoms with Gasteiger partial charge < -0.3 is 10.2 Å². The zero-order valence-corrected chi connectivity index (χ0v) is 25.7. The Hall–Kier alpha value is -3.47. The second-order valence-corrected chi connectivity index (χ2v) is 13.7. The van der Waals surface area contributed by atoms with E-state index in [1.807, 2.05) is 30.3 Å². The van der Waals surface area contributed by atoms with Gasteiger partial charge in [0.1, 0.15) is 5.82 Å². The number of carbonyl (C=O) groups excluding carboxylic acids is 2. The van der Waals surface area contributed by atoms with E-state index in [9.17, 15) is 14.0 Å². The molecule has 0 unspecified atom stereocenters. The molecule has 4 rings (SSSR count). The molecule has 5 heteroatoms. The number of carbonyl (C=O) groups is 2. The number of rotatable bonds is 6. The first kappa shape index (κ1) is 30.5. The molecule has 0 aromatic heterocycles. The van der Waals surface area contributed by atoms with Gasteiger partial charge in [-0.15, -0.1) is 0 Å². The third kappa shape index (κ3) is 7.44. The molecule has 1 fully saturated rings. The van der Waals surface area contributed by atoms with Crippen LogP contribution < -0.4 is 5.32 Å². The van der Waals surface area contributed by atoms with Gasteiger partial charge in [-0.25, -0.2) is 4.39 Å². The van der Waals surface area contributed by atoms with Crippen LogP contribution >= 0.6 is 0 Å². The number of nitrogens with zero attached hydrogens (tertiary/aromatic N) is 1. The van der Waals surface area contributed by atoms with Gasteiger partial charge in [0.2, 0.25) is 5.91 Å². The highest BCUT2D eigenvalue weighted by Crippen LogP contribution is 2.39. The van der Waals surface area contributed by atoms with Crippen LogP contribution in [0, 0.1) is 24.1 Å². The molecule has 0 radical (unpaired) electrons. The van der Waals surface area contributed by atoms with Gasteiger partial charge in [-0.3, -0.25) is 9.59 Å². The number of hydrogen-bond acceptors (Lipinski definition) is 2. The standard InChI is InChI=1S/C36H45FN2O2/c1-24-11-8-15-30(37)31(24)34(41)39-22-10-14-29(33(40)38-28-13-9-12-27(23-28)36(5,6)7)32(39)26-18-16-25(17-19-26)20-21-35(2,3)4/h8-9,11-13,15-19,23,29,32H,10,14,20-22H2,1-7H3,(H,38,40)/t29-,32-/m0/s1. The molecule has 1 saturated heterocycles. The number of likely N-dealkylation sites (tertiary alicyclic amines) is 1. The van der Waals surface area contributed by atoms with Crippen LogP contribution in [0.3, 0.4) is 0 Å². The van der Waals surface area contributed by atoms with Crippen LogP contribution in [-0.2, 0) is 16.6 Å². The van der Waals surface area contributed by atoms with Crippen molar-refractivity contribution >= 4 is 17.5 Å². The monoisotopic (exact) mass is 556 g/mol. The zero-order chi connectivity index (χ0) is 29.9. The predicted molar refractivity (Wildman–Crippen MR) is 166 cm³/mol. The lowest BCUT2D eigenvalue weighted by molar-refractivity contribution is -0.123. The second-order valence-electron chi connectivity index (χ2n) is 13.7. The molecule has 4 nitrogen and oxygen atoms in total. The van der Waals surface area contributed by atoms with Crippen LogP contribution in [0.5, 0.6) is 0 Å². The summed E-state index contributed by atoms with van der Waals surface area (Å²) in [5.41, 5.74) is 4.85. The molecule has 3 aromatic rings. The summed E-state index contributed by atoms with van der Waals surface area (Å²) in [4.78, 5) is 29.6. The molecule has 2 atom stereocenters. The Morgan fingerprint density at radius 1 is 0.951 bits per heavy atom. The fourth-order valence-electron chi connectivity index (χ4n) is 5.66. The van der Waals surface area contributed by atoms with Crippen LogP contribution in [0.15, 0.2) is 66.7 Å². The maximum absolute atomic E-state index is 15.0. The number of aryl methyl sites for hydroxylation is 2. The summed E-state index contributed by atoms with van der Waals surface area (Å²) >= 11 is 0. The Morgan fingerprint density at radius 2 is 1.63 bits per heavy atom. The van der Waals surface area contributed by atoms with E-state index in [1.54, 1.807) is 24.0 Å². The molecular formula is C36H45FN2O2. The van der Waals surface area contributed by atoms with Crippen LogP contribution in [0.4, 0.5) is 10.1 Å². The highest BCUT2D eigenvalue weighted by molar-refractivity contribution is 5.98. The summed E-state index contributed by atoms with van der Waals surface area (Å²) in [5, 5.41) is 3.14. The van der Waals surface area contributed by atoms with E-state index in [1.165, 1.54) is 11.6 Å². The Labute approximate surface area is 245 Å². The van der Waals surface area contributed by atoms with Gasteiger partial charge in [-0.1, -0.05) is 90.1 Å². The summed E-state index contributed by atoms with van der Waals surface area (Å²) < 4.78 is 15.0. The number of amides is 2. The van der Waals surface area contributed by atoms with Crippen LogP contribution in [0.25, 0.3) is 0 Å². The number of piperidine rings is 1. The lowest BCUT2D eigenvalue weighted by atomic mass is 9.82. The van der Waals surface area contributed by atoms with Gasteiger partial charge in [0, 0.05) is 12.2 Å². The van der Waals surface area contributed by atoms with Crippen LogP contribution in [0.1, 0.15) is 99.5 Å². The van der Waals surface area contributed by atoms with E-state index >= 15 is 0 Å². The molecule has 1 aliphatic rings. The van der Waals surface area contributed by atoms with Crippen molar-refractivity contribution in [1.82, 2.24) is 4.90 Å². The smallest absolute Gasteiger partial charge is 0.257 e. The fraction of sp³-hybridized carbons (Fsp3) is 0.444. The molecule has 0 saturated carbocycles. The van der Waals surface area contributed by atoms with E-state index in [-0.39, 0.29) is 28.2 Å². The highest BCUT2D eigenvalue weighted by Gasteiger charge is 2.40. The molecule has 2 amide bonds. The number of anilines is 1. The Morgan fingerprint density at radius 3 is 2.27 bits per heavy atom. The van der Waals surface area contributed by atoms with E-state index in [0.29, 0.717) is 24.9 Å². The Kier molecular flexibility index (Phi) is 9.06. The van der Waals surface area contributed by atoms with E-state index in [0.717, 1.165) is 29.7 Å². The van der Waals surface area contributed by atoms with Crippen molar-refractivity contribution in [3.05, 3.63) is 100 Å². The van der Waals surface area contributed by atoms with Crippen LogP contribution in [-0.4, -0.2) is 23.3 Å². The maximum Gasteiger partial charge on any atom is 0.257 e. The van der Waals surface area contributed by atoms with E-state index in [2.05, 4.69) is 65.1 Å². The summed E-state index contributed by atoms with van der Waals surface area (Å²) in [6.45, 7) is 15.4. The second kappa shape index (κ2) is 12.2. The third-order valence-corrected chi connectivity index (χ3v) is 8.15. The van der Waals surface area contributed by atoms with Crippen molar-refractivity contribution in [1.29, 1.82) is 0 Å². The zero-order valence-electron chi connectivity index (χ0n) is 25.7. The molecule has 0 spiro atoms. The first-order valence-electron chi connectivity index (χ1n) is 14.8. The van der Waals surface area contributed by atoms with Crippen molar-refractivity contribution < 1.29 is 14.0 Å². The molecule has 1 heterocycles. The maximum atomic E-state index is 15.0. The van der Waals surface area contributed by atoms with Crippen molar-refractivity contribution in [2.45, 2.75) is 85.6 Å². The number of hydrogen-bond donors (Lipinski definition) is 1. The molecule has 3 aromatic carbocycles. The van der Waals surface area contributed by atoms with Gasteiger partial charge in [0.05, 0.1) is 17.5 Å². The van der Waals surface area contributed by atoms with Gasteiger partial charge in [0.15, 0.2) is 0 Å². The normalized spacial score (nSPS) is 17.8. The molecular weight excluding hydrogens is 511 g/mol. The third-order valence-electron chi connectivity index (χ3n) is 8.15. The van der Waals surface area contributed by atoms with Crippen molar-refractivity contribution in [3.8, 4) is 0 Å². The summed E-state index contributed by atoms with van der Waals surface area (Å²) in [6, 6.07) is 20.5. The number of nitrogens with one attached hydrogen (secondary N) is 1. The highest BCUT2D eigenvalue weighted by atomic mass is 19.1. The summed E-state index contributed by atoms with van der Waals surface area (Å²) in [7, 11) is 0. The van der Waals surface area contributed by atoms with Gasteiger partial charge >= 0.3 is 0 Å². The van der Waals surface area contributed by atoms with Crippen molar-refractivity contribution in [2.75, 3.05) is 11.9 Å². The molecule has 1 N–H and O–H groups in total. The summed E-state index contributed by atoms with van der Waals surface area (Å²) in [5.74, 6) is -1.49. The van der Waals surface area contributed by atoms with E-state index < -0.39 is 17.8 Å². The Balaban J connectivity index is 1.69. The largest absolute Gasteiger partial charge is 0.331 e. The lowest BCUT2D eigenvalue weighted by Crippen LogP contribution is -2.46. The number of benzene rings is 3. The van der Waals surface area contributed by atoms with Crippen molar-refractivity contribution in [2.24, 2.45) is 11.3 Å². The first-order valence-corrected chi connectivity index (χ1v) is 14.8. The SMILES string of the molecule is Cc1cccc(F)c1C(=O)N1CCC[C@H](C(=O)Nc2cccc(C(C)(C)C)c2)[C@@H]1c1ccc(CCC(C)(C)C)cc1. The quantitative estimate of drug-likeness (QED) is 0.330. The van der Waals surface area contributed by atoms with Gasteiger partial charge in [-0.05, 0) is 83.9 Å². The minimum Gasteiger partial charge on any atom is -0.331 e. The number of halogens is 1. The molecule has 0 bridgehead atoms. The van der Waals surface area contributed by atoms with E-state index in [4.69, 9.17) is 0 Å². The molecule has 0 aliphatic carbocycles. The van der Waals surface area contributed by atoms with Crippen LogP contribution in [0.2, 0.25) is 0 Å². The predicted octanol–water partition coefficient (Wildman–Crippen LogP) is 8.64. The summed E-state index contributed by atoms with van der Waals surface area (Å²) in [6.07, 6.45) is 3.33. The minimum absolute atomic E-state index is 0.0519. The van der Waals surface area contributed by atoms with Gasteiger partial charge in [-0.2, -0.15) is 0 Å². The lowest BCUT2D eigenvalue weighted by Gasteiger charge is -2.41. The fourth-order valence-corrected chi connectivity index (χ4v) is 5.66. The molecule has 218 valence electrons. The average molecular weight is 557 g/mol.